The van der Waals surface area contributed by atoms with Crippen LogP contribution in [0.3, 0.4) is 0 Å². The van der Waals surface area contributed by atoms with Crippen LogP contribution in [0.5, 0.6) is 11.5 Å². The lowest BCUT2D eigenvalue weighted by Gasteiger charge is -2.07. The standard InChI is InChI=1S/C14H13N5O3S/c1-21-8-3-4-9(11(5-8)22-2)12-16-14(19-18-12)17-13(20)10-6-23-7-15-10/h3-7H,1-2H3,(H2,16,17,18,19,20). The second-order valence-corrected chi connectivity index (χ2v) is 5.12. The molecule has 0 aliphatic heterocycles. The van der Waals surface area contributed by atoms with Crippen LogP contribution in [0.1, 0.15) is 10.5 Å². The molecular formula is C14H13N5O3S. The molecule has 0 aliphatic carbocycles. The quantitative estimate of drug-likeness (QED) is 0.743. The van der Waals surface area contributed by atoms with Crippen LogP contribution in [0.2, 0.25) is 0 Å². The van der Waals surface area contributed by atoms with Crippen LogP contribution in [0, 0.1) is 0 Å². The maximum absolute atomic E-state index is 11.9. The van der Waals surface area contributed by atoms with E-state index in [9.17, 15) is 4.79 Å². The van der Waals surface area contributed by atoms with Gasteiger partial charge in [0, 0.05) is 11.4 Å². The number of hydrogen-bond acceptors (Lipinski definition) is 7. The first-order valence-corrected chi connectivity index (χ1v) is 7.50. The first-order valence-electron chi connectivity index (χ1n) is 6.55. The Morgan fingerprint density at radius 1 is 1.30 bits per heavy atom. The van der Waals surface area contributed by atoms with Crippen molar-refractivity contribution in [1.82, 2.24) is 20.2 Å². The first-order chi connectivity index (χ1) is 11.2. The fourth-order valence-electron chi connectivity index (χ4n) is 1.92. The van der Waals surface area contributed by atoms with E-state index in [1.54, 1.807) is 43.3 Å². The molecule has 1 aromatic carbocycles. The summed E-state index contributed by atoms with van der Waals surface area (Å²) in [6.45, 7) is 0. The third-order valence-electron chi connectivity index (χ3n) is 3.04. The van der Waals surface area contributed by atoms with Crippen LogP contribution >= 0.6 is 11.3 Å². The summed E-state index contributed by atoms with van der Waals surface area (Å²) in [5.74, 6) is 1.52. The molecule has 2 heterocycles. The van der Waals surface area contributed by atoms with Gasteiger partial charge in [0.25, 0.3) is 5.91 Å². The zero-order valence-electron chi connectivity index (χ0n) is 12.4. The number of aromatic nitrogens is 4. The molecule has 23 heavy (non-hydrogen) atoms. The van der Waals surface area contributed by atoms with Crippen LogP contribution in [0.15, 0.2) is 29.1 Å². The van der Waals surface area contributed by atoms with E-state index in [2.05, 4.69) is 25.5 Å². The molecule has 3 rings (SSSR count). The molecule has 9 heteroatoms. The highest BCUT2D eigenvalue weighted by Gasteiger charge is 2.15. The Bertz CT molecular complexity index is 816. The molecule has 2 N–H and O–H groups in total. The zero-order valence-corrected chi connectivity index (χ0v) is 13.2. The molecule has 0 saturated heterocycles. The Labute approximate surface area is 135 Å². The summed E-state index contributed by atoms with van der Waals surface area (Å²) in [6, 6.07) is 5.32. The summed E-state index contributed by atoms with van der Waals surface area (Å²) in [6.07, 6.45) is 0. The van der Waals surface area contributed by atoms with Crippen molar-refractivity contribution in [3.05, 3.63) is 34.8 Å². The second kappa shape index (κ2) is 6.44. The molecule has 8 nitrogen and oxygen atoms in total. The third-order valence-corrected chi connectivity index (χ3v) is 3.63. The largest absolute Gasteiger partial charge is 0.497 e. The zero-order chi connectivity index (χ0) is 16.2. The predicted molar refractivity (Wildman–Crippen MR) is 85.0 cm³/mol. The number of methoxy groups -OCH3 is 2. The highest BCUT2D eigenvalue weighted by atomic mass is 32.1. The molecular weight excluding hydrogens is 318 g/mol. The van der Waals surface area contributed by atoms with Crippen LogP contribution in [0.25, 0.3) is 11.4 Å². The van der Waals surface area contributed by atoms with Crippen LogP contribution in [0.4, 0.5) is 5.95 Å². The summed E-state index contributed by atoms with van der Waals surface area (Å²) in [5.41, 5.74) is 2.61. The van der Waals surface area contributed by atoms with Crippen molar-refractivity contribution < 1.29 is 14.3 Å². The van der Waals surface area contributed by atoms with Gasteiger partial charge in [-0.05, 0) is 12.1 Å². The lowest BCUT2D eigenvalue weighted by molar-refractivity contribution is 0.102. The number of H-pyrrole nitrogens is 1. The lowest BCUT2D eigenvalue weighted by Crippen LogP contribution is -2.13. The number of rotatable bonds is 5. The van der Waals surface area contributed by atoms with Gasteiger partial charge < -0.3 is 9.47 Å². The van der Waals surface area contributed by atoms with Gasteiger partial charge in [0.2, 0.25) is 5.95 Å². The summed E-state index contributed by atoms with van der Waals surface area (Å²) in [4.78, 5) is 20.1. The predicted octanol–water partition coefficient (Wildman–Crippen LogP) is 2.20. The fraction of sp³-hybridized carbons (Fsp3) is 0.143. The minimum absolute atomic E-state index is 0.163. The molecule has 0 radical (unpaired) electrons. The Kier molecular flexibility index (Phi) is 4.20. The number of thiazole rings is 1. The van der Waals surface area contributed by atoms with Gasteiger partial charge in [-0.2, -0.15) is 4.98 Å². The Hall–Kier alpha value is -2.94. The van der Waals surface area contributed by atoms with E-state index in [1.165, 1.54) is 11.3 Å². The monoisotopic (exact) mass is 331 g/mol. The van der Waals surface area contributed by atoms with Crippen LogP contribution < -0.4 is 14.8 Å². The van der Waals surface area contributed by atoms with E-state index >= 15 is 0 Å². The van der Waals surface area contributed by atoms with E-state index < -0.39 is 0 Å². The van der Waals surface area contributed by atoms with Crippen molar-refractivity contribution in [2.45, 2.75) is 0 Å². The van der Waals surface area contributed by atoms with Crippen molar-refractivity contribution >= 4 is 23.2 Å². The number of nitrogens with zero attached hydrogens (tertiary/aromatic N) is 3. The van der Waals surface area contributed by atoms with Gasteiger partial charge in [0.15, 0.2) is 5.82 Å². The van der Waals surface area contributed by atoms with Crippen molar-refractivity contribution in [2.75, 3.05) is 19.5 Å². The molecule has 3 aromatic rings. The minimum Gasteiger partial charge on any atom is -0.497 e. The lowest BCUT2D eigenvalue weighted by atomic mass is 10.2. The normalized spacial score (nSPS) is 10.3. The summed E-state index contributed by atoms with van der Waals surface area (Å²) < 4.78 is 10.5. The molecule has 0 aliphatic rings. The van der Waals surface area contributed by atoms with Gasteiger partial charge in [-0.3, -0.25) is 15.2 Å². The first kappa shape index (κ1) is 15.0. The molecule has 0 fully saturated rings. The number of hydrogen-bond donors (Lipinski definition) is 2. The molecule has 0 saturated carbocycles. The Balaban J connectivity index is 1.83. The smallest absolute Gasteiger partial charge is 0.277 e. The number of carbonyl (C=O) groups is 1. The highest BCUT2D eigenvalue weighted by molar-refractivity contribution is 7.07. The molecule has 2 aromatic heterocycles. The maximum Gasteiger partial charge on any atom is 0.277 e. The Morgan fingerprint density at radius 3 is 2.87 bits per heavy atom. The van der Waals surface area contributed by atoms with E-state index in [4.69, 9.17) is 9.47 Å². The molecule has 118 valence electrons. The SMILES string of the molecule is COc1ccc(-c2nc(NC(=O)c3cscn3)n[nH]2)c(OC)c1. The summed E-state index contributed by atoms with van der Waals surface area (Å²) >= 11 is 1.34. The van der Waals surface area contributed by atoms with Crippen molar-refractivity contribution in [1.29, 1.82) is 0 Å². The van der Waals surface area contributed by atoms with E-state index in [-0.39, 0.29) is 11.9 Å². The summed E-state index contributed by atoms with van der Waals surface area (Å²) in [5, 5.41) is 11.0. The molecule has 0 unspecified atom stereocenters. The van der Waals surface area contributed by atoms with Crippen molar-refractivity contribution in [3.8, 4) is 22.9 Å². The maximum atomic E-state index is 11.9. The number of aromatic amines is 1. The average Bonchev–Trinajstić information content (AvgIpc) is 3.26. The fourth-order valence-corrected chi connectivity index (χ4v) is 2.45. The van der Waals surface area contributed by atoms with Crippen LogP contribution in [-0.4, -0.2) is 40.3 Å². The number of benzene rings is 1. The number of nitrogens with one attached hydrogen (secondary N) is 2. The van der Waals surface area contributed by atoms with Gasteiger partial charge in [0.1, 0.15) is 17.2 Å². The molecule has 0 bridgehead atoms. The van der Waals surface area contributed by atoms with Gasteiger partial charge in [-0.25, -0.2) is 4.98 Å². The van der Waals surface area contributed by atoms with Crippen molar-refractivity contribution in [3.63, 3.8) is 0 Å². The summed E-state index contributed by atoms with van der Waals surface area (Å²) in [7, 11) is 3.13. The highest BCUT2D eigenvalue weighted by Crippen LogP contribution is 2.31. The van der Waals surface area contributed by atoms with Gasteiger partial charge in [-0.1, -0.05) is 0 Å². The second-order valence-electron chi connectivity index (χ2n) is 4.40. The Morgan fingerprint density at radius 2 is 2.17 bits per heavy atom. The number of anilines is 1. The van der Waals surface area contributed by atoms with Gasteiger partial charge in [0.05, 0.1) is 25.3 Å². The third kappa shape index (κ3) is 3.14. The molecule has 0 spiro atoms. The number of ether oxygens (including phenoxy) is 2. The molecule has 1 amide bonds. The van der Waals surface area contributed by atoms with E-state index in [0.717, 1.165) is 0 Å². The minimum atomic E-state index is -0.363. The van der Waals surface area contributed by atoms with Gasteiger partial charge in [-0.15, -0.1) is 16.4 Å². The average molecular weight is 331 g/mol. The molecule has 0 atom stereocenters. The van der Waals surface area contributed by atoms with Crippen molar-refractivity contribution in [2.24, 2.45) is 0 Å². The number of amides is 1. The van der Waals surface area contributed by atoms with Gasteiger partial charge >= 0.3 is 0 Å². The number of carbonyl (C=O) groups excluding carboxylic acids is 1. The van der Waals surface area contributed by atoms with E-state index in [1.807, 2.05) is 0 Å². The van der Waals surface area contributed by atoms with E-state index in [0.29, 0.717) is 28.6 Å². The topological polar surface area (TPSA) is 102 Å². The van der Waals surface area contributed by atoms with Crippen LogP contribution in [-0.2, 0) is 0 Å².